The molecule has 5 heteroatoms. The molecule has 0 radical (unpaired) electrons. The second-order valence-electron chi connectivity index (χ2n) is 3.68. The molecular formula is C12H13ClO4. The third-order valence-electron chi connectivity index (χ3n) is 2.33. The van der Waals surface area contributed by atoms with Gasteiger partial charge < -0.3 is 10.2 Å². The fourth-order valence-corrected chi connectivity index (χ4v) is 1.49. The van der Waals surface area contributed by atoms with E-state index in [9.17, 15) is 9.59 Å². The van der Waals surface area contributed by atoms with Crippen molar-refractivity contribution in [3.05, 3.63) is 34.9 Å². The summed E-state index contributed by atoms with van der Waals surface area (Å²) in [5, 5.41) is 18.0. The lowest BCUT2D eigenvalue weighted by atomic mass is 10.0. The van der Waals surface area contributed by atoms with Crippen molar-refractivity contribution in [3.63, 3.8) is 0 Å². The number of aliphatic hydroxyl groups excluding tert-OH is 1. The van der Waals surface area contributed by atoms with E-state index in [1.54, 1.807) is 24.3 Å². The summed E-state index contributed by atoms with van der Waals surface area (Å²) < 4.78 is 0. The lowest BCUT2D eigenvalue weighted by Gasteiger charge is -2.04. The Morgan fingerprint density at radius 3 is 2.35 bits per heavy atom. The summed E-state index contributed by atoms with van der Waals surface area (Å²) in [5.41, 5.74) is 0.541. The van der Waals surface area contributed by atoms with Crippen LogP contribution in [-0.2, 0) is 4.79 Å². The van der Waals surface area contributed by atoms with Crippen LogP contribution in [0.5, 0.6) is 0 Å². The molecule has 17 heavy (non-hydrogen) atoms. The normalized spacial score (nSPS) is 12.1. The fraction of sp³-hybridized carbons (Fsp3) is 0.333. The van der Waals surface area contributed by atoms with E-state index >= 15 is 0 Å². The molecule has 2 N–H and O–H groups in total. The van der Waals surface area contributed by atoms with Crippen LogP contribution in [0.4, 0.5) is 0 Å². The number of benzene rings is 1. The van der Waals surface area contributed by atoms with Gasteiger partial charge >= 0.3 is 5.97 Å². The lowest BCUT2D eigenvalue weighted by molar-refractivity contribution is -0.146. The van der Waals surface area contributed by atoms with Crippen molar-refractivity contribution < 1.29 is 19.8 Å². The average Bonchev–Trinajstić information content (AvgIpc) is 2.29. The molecule has 0 amide bonds. The Labute approximate surface area is 104 Å². The molecule has 92 valence electrons. The molecule has 0 saturated heterocycles. The number of halogens is 1. The van der Waals surface area contributed by atoms with Crippen molar-refractivity contribution in [2.24, 2.45) is 0 Å². The van der Waals surface area contributed by atoms with Gasteiger partial charge in [-0.05, 0) is 37.1 Å². The van der Waals surface area contributed by atoms with Crippen LogP contribution >= 0.6 is 11.6 Å². The molecule has 0 fully saturated rings. The molecular weight excluding hydrogens is 244 g/mol. The van der Waals surface area contributed by atoms with Crippen LogP contribution in [0.15, 0.2) is 24.3 Å². The lowest BCUT2D eigenvalue weighted by Crippen LogP contribution is -2.19. The Morgan fingerprint density at radius 2 is 1.82 bits per heavy atom. The SMILES string of the molecule is O=C(CCCC(O)C(=O)O)c1ccc(Cl)cc1. The van der Waals surface area contributed by atoms with E-state index in [4.69, 9.17) is 21.8 Å². The molecule has 1 aromatic carbocycles. The zero-order valence-corrected chi connectivity index (χ0v) is 9.85. The predicted octanol–water partition coefficient (Wildman–Crippen LogP) is 2.14. The van der Waals surface area contributed by atoms with Crippen LogP contribution in [-0.4, -0.2) is 28.1 Å². The predicted molar refractivity (Wildman–Crippen MR) is 63.3 cm³/mol. The molecule has 0 aliphatic heterocycles. The van der Waals surface area contributed by atoms with E-state index in [1.165, 1.54) is 0 Å². The van der Waals surface area contributed by atoms with E-state index in [1.807, 2.05) is 0 Å². The summed E-state index contributed by atoms with van der Waals surface area (Å²) in [5.74, 6) is -1.34. The van der Waals surface area contributed by atoms with Gasteiger partial charge in [0.05, 0.1) is 0 Å². The molecule has 1 rings (SSSR count). The largest absolute Gasteiger partial charge is 0.479 e. The number of hydrogen-bond acceptors (Lipinski definition) is 3. The minimum absolute atomic E-state index is 0.0780. The highest BCUT2D eigenvalue weighted by Crippen LogP contribution is 2.13. The number of carbonyl (C=O) groups is 2. The van der Waals surface area contributed by atoms with Gasteiger partial charge in [0.15, 0.2) is 11.9 Å². The standard InChI is InChI=1S/C12H13ClO4/c13-9-6-4-8(5-7-9)10(14)2-1-3-11(15)12(16)17/h4-7,11,15H,1-3H2,(H,16,17). The van der Waals surface area contributed by atoms with Crippen LogP contribution in [0, 0.1) is 0 Å². The topological polar surface area (TPSA) is 74.6 Å². The second kappa shape index (κ2) is 6.37. The number of ketones is 1. The van der Waals surface area contributed by atoms with E-state index in [-0.39, 0.29) is 18.6 Å². The number of aliphatic carboxylic acids is 1. The second-order valence-corrected chi connectivity index (χ2v) is 4.11. The molecule has 1 unspecified atom stereocenters. The molecule has 0 saturated carbocycles. The monoisotopic (exact) mass is 256 g/mol. The molecule has 1 atom stereocenters. The summed E-state index contributed by atoms with van der Waals surface area (Å²) in [6.45, 7) is 0. The summed E-state index contributed by atoms with van der Waals surface area (Å²) in [7, 11) is 0. The van der Waals surface area contributed by atoms with Crippen LogP contribution in [0.2, 0.25) is 5.02 Å². The smallest absolute Gasteiger partial charge is 0.332 e. The minimum atomic E-state index is -1.40. The van der Waals surface area contributed by atoms with Crippen molar-refractivity contribution in [2.45, 2.75) is 25.4 Å². The summed E-state index contributed by atoms with van der Waals surface area (Å²) in [4.78, 5) is 22.0. The van der Waals surface area contributed by atoms with E-state index in [0.717, 1.165) is 0 Å². The van der Waals surface area contributed by atoms with Crippen LogP contribution in [0.1, 0.15) is 29.6 Å². The number of rotatable bonds is 6. The number of hydrogen-bond donors (Lipinski definition) is 2. The van der Waals surface area contributed by atoms with Gasteiger partial charge in [0.25, 0.3) is 0 Å². The molecule has 0 aliphatic carbocycles. The van der Waals surface area contributed by atoms with Crippen molar-refractivity contribution in [3.8, 4) is 0 Å². The molecule has 0 aliphatic rings. The average molecular weight is 257 g/mol. The van der Waals surface area contributed by atoms with E-state index < -0.39 is 12.1 Å². The molecule has 0 spiro atoms. The molecule has 4 nitrogen and oxygen atoms in total. The highest BCUT2D eigenvalue weighted by Gasteiger charge is 2.13. The van der Waals surface area contributed by atoms with Crippen LogP contribution in [0.25, 0.3) is 0 Å². The number of Topliss-reactive ketones (excluding diaryl/α,β-unsaturated/α-hetero) is 1. The van der Waals surface area contributed by atoms with Gasteiger partial charge in [-0.25, -0.2) is 4.79 Å². The Bertz CT molecular complexity index is 399. The van der Waals surface area contributed by atoms with Gasteiger partial charge in [0, 0.05) is 17.0 Å². The molecule has 0 bridgehead atoms. The first-order valence-corrected chi connectivity index (χ1v) is 5.58. The first kappa shape index (κ1) is 13.7. The summed E-state index contributed by atoms with van der Waals surface area (Å²) >= 11 is 5.69. The number of carboxylic acid groups (broad SMARTS) is 1. The minimum Gasteiger partial charge on any atom is -0.479 e. The van der Waals surface area contributed by atoms with Crippen molar-refractivity contribution in [1.82, 2.24) is 0 Å². The highest BCUT2D eigenvalue weighted by atomic mass is 35.5. The first-order chi connectivity index (χ1) is 8.00. The zero-order valence-electron chi connectivity index (χ0n) is 9.10. The Morgan fingerprint density at radius 1 is 1.24 bits per heavy atom. The van der Waals surface area contributed by atoms with Gasteiger partial charge in [-0.2, -0.15) is 0 Å². The molecule has 0 aromatic heterocycles. The van der Waals surface area contributed by atoms with Gasteiger partial charge in [-0.1, -0.05) is 11.6 Å². The van der Waals surface area contributed by atoms with Crippen LogP contribution in [0.3, 0.4) is 0 Å². The third kappa shape index (κ3) is 4.54. The van der Waals surface area contributed by atoms with Gasteiger partial charge in [0.1, 0.15) is 0 Å². The maximum absolute atomic E-state index is 11.6. The third-order valence-corrected chi connectivity index (χ3v) is 2.58. The maximum atomic E-state index is 11.6. The Hall–Kier alpha value is -1.39. The molecule has 1 aromatic rings. The van der Waals surface area contributed by atoms with Crippen molar-refractivity contribution in [1.29, 1.82) is 0 Å². The van der Waals surface area contributed by atoms with Crippen molar-refractivity contribution >= 4 is 23.4 Å². The van der Waals surface area contributed by atoms with E-state index in [2.05, 4.69) is 0 Å². The Balaban J connectivity index is 2.40. The van der Waals surface area contributed by atoms with Crippen molar-refractivity contribution in [2.75, 3.05) is 0 Å². The first-order valence-electron chi connectivity index (χ1n) is 5.20. The summed E-state index contributed by atoms with van der Waals surface area (Å²) in [6.07, 6.45) is -0.761. The van der Waals surface area contributed by atoms with E-state index in [0.29, 0.717) is 17.0 Å². The highest BCUT2D eigenvalue weighted by molar-refractivity contribution is 6.30. The quantitative estimate of drug-likeness (QED) is 0.765. The number of carboxylic acids is 1. The fourth-order valence-electron chi connectivity index (χ4n) is 1.36. The van der Waals surface area contributed by atoms with Crippen LogP contribution < -0.4 is 0 Å². The van der Waals surface area contributed by atoms with Gasteiger partial charge in [-0.15, -0.1) is 0 Å². The number of carbonyl (C=O) groups excluding carboxylic acids is 1. The maximum Gasteiger partial charge on any atom is 0.332 e. The van der Waals surface area contributed by atoms with Gasteiger partial charge in [-0.3, -0.25) is 4.79 Å². The molecule has 0 heterocycles. The number of aliphatic hydroxyl groups is 1. The summed E-state index contributed by atoms with van der Waals surface area (Å²) in [6, 6.07) is 6.50. The van der Waals surface area contributed by atoms with Gasteiger partial charge in [0.2, 0.25) is 0 Å². The zero-order chi connectivity index (χ0) is 12.8. The Kier molecular flexibility index (Phi) is 5.12.